The van der Waals surface area contributed by atoms with Crippen LogP contribution in [-0.2, 0) is 30.8 Å². The lowest BCUT2D eigenvalue weighted by Crippen LogP contribution is -2.50. The predicted molar refractivity (Wildman–Crippen MR) is 159 cm³/mol. The number of carbonyl (C=O) groups is 2. The van der Waals surface area contributed by atoms with E-state index in [0.29, 0.717) is 35.5 Å². The number of amides is 2. The number of halogens is 1. The Morgan fingerprint density at radius 2 is 1.86 bits per heavy atom. The number of benzene rings is 1. The summed E-state index contributed by atoms with van der Waals surface area (Å²) in [5.41, 5.74) is 0.300. The molecule has 1 atom stereocenters. The molecule has 0 radical (unpaired) electrons. The van der Waals surface area contributed by atoms with Crippen molar-refractivity contribution >= 4 is 39.6 Å². The van der Waals surface area contributed by atoms with Gasteiger partial charge in [-0.3, -0.25) is 4.79 Å². The van der Waals surface area contributed by atoms with Crippen molar-refractivity contribution in [1.82, 2.24) is 24.1 Å². The van der Waals surface area contributed by atoms with Crippen molar-refractivity contribution in [2.24, 2.45) is 0 Å². The van der Waals surface area contributed by atoms with Crippen LogP contribution in [0.1, 0.15) is 55.2 Å². The Morgan fingerprint density at radius 3 is 2.45 bits per heavy atom. The average molecular weight is 629 g/mol. The summed E-state index contributed by atoms with van der Waals surface area (Å²) in [4.78, 5) is 27.9. The molecule has 42 heavy (non-hydrogen) atoms. The van der Waals surface area contributed by atoms with Gasteiger partial charge in [0.15, 0.2) is 12.0 Å². The van der Waals surface area contributed by atoms with Gasteiger partial charge < -0.3 is 29.7 Å². The molecule has 0 saturated carbocycles. The summed E-state index contributed by atoms with van der Waals surface area (Å²) in [6.45, 7) is 6.07. The first kappa shape index (κ1) is 33.6. The minimum absolute atomic E-state index is 0.00554. The Kier molecular flexibility index (Phi) is 11.2. The zero-order chi connectivity index (χ0) is 31.2. The number of piperidine rings is 1. The number of anilines is 1. The number of aromatic nitrogens is 2. The van der Waals surface area contributed by atoms with Crippen LogP contribution in [0.2, 0.25) is 5.02 Å². The molecule has 0 unspecified atom stereocenters. The molecule has 0 bridgehead atoms. The summed E-state index contributed by atoms with van der Waals surface area (Å²) in [7, 11) is 1.48. The Balaban J connectivity index is 2.12. The molecule has 2 heterocycles. The van der Waals surface area contributed by atoms with Crippen LogP contribution in [-0.4, -0.2) is 99.8 Å². The van der Waals surface area contributed by atoms with E-state index < -0.39 is 34.1 Å². The zero-order valence-electron chi connectivity index (χ0n) is 25.1. The summed E-state index contributed by atoms with van der Waals surface area (Å²) in [5.74, 6) is -0.384. The number of rotatable bonds is 11. The quantitative estimate of drug-likeness (QED) is 0.359. The molecular formula is C27H41ClN6O7S. The molecule has 2 N–H and O–H groups in total. The number of hydrogen-bond donors (Lipinski definition) is 2. The van der Waals surface area contributed by atoms with E-state index in [9.17, 15) is 18.0 Å². The summed E-state index contributed by atoms with van der Waals surface area (Å²) in [6, 6.07) is 6.79. The SMILES string of the molecule is COC(CNC(=O)c1nn(S(=O)(=O)N(C)C)c(N2CCC[C@@H](NC(=O)OC(C)(C)C)C2)c1Cc1ccccc1Cl)OC. The Bertz CT molecular complexity index is 1360. The van der Waals surface area contributed by atoms with Gasteiger partial charge in [-0.1, -0.05) is 29.8 Å². The predicted octanol–water partition coefficient (Wildman–Crippen LogP) is 2.62. The lowest BCUT2D eigenvalue weighted by molar-refractivity contribution is -0.0974. The molecule has 1 aliphatic rings. The lowest BCUT2D eigenvalue weighted by atomic mass is 10.0. The van der Waals surface area contributed by atoms with Crippen LogP contribution < -0.4 is 15.5 Å². The third kappa shape index (κ3) is 8.34. The molecule has 2 aromatic rings. The second kappa shape index (κ2) is 14.0. The minimum Gasteiger partial charge on any atom is -0.444 e. The van der Waals surface area contributed by atoms with E-state index in [1.165, 1.54) is 28.3 Å². The van der Waals surface area contributed by atoms with Crippen molar-refractivity contribution in [2.75, 3.05) is 52.8 Å². The van der Waals surface area contributed by atoms with E-state index >= 15 is 0 Å². The molecule has 1 aromatic heterocycles. The fourth-order valence-electron chi connectivity index (χ4n) is 4.51. The summed E-state index contributed by atoms with van der Waals surface area (Å²) in [5, 5.41) is 10.4. The van der Waals surface area contributed by atoms with E-state index in [0.717, 1.165) is 8.39 Å². The van der Waals surface area contributed by atoms with E-state index in [1.807, 2.05) is 11.0 Å². The highest BCUT2D eigenvalue weighted by atomic mass is 35.5. The average Bonchev–Trinajstić information content (AvgIpc) is 3.29. The van der Waals surface area contributed by atoms with Gasteiger partial charge in [0, 0.05) is 64.5 Å². The van der Waals surface area contributed by atoms with Gasteiger partial charge in [0.25, 0.3) is 5.91 Å². The molecule has 1 saturated heterocycles. The van der Waals surface area contributed by atoms with Crippen LogP contribution in [0.4, 0.5) is 10.6 Å². The van der Waals surface area contributed by atoms with Gasteiger partial charge in [0.2, 0.25) is 0 Å². The Labute approximate surface area is 252 Å². The number of methoxy groups -OCH3 is 2. The smallest absolute Gasteiger partial charge is 0.407 e. The van der Waals surface area contributed by atoms with Crippen LogP contribution in [0.3, 0.4) is 0 Å². The van der Waals surface area contributed by atoms with Crippen molar-refractivity contribution < 1.29 is 32.2 Å². The van der Waals surface area contributed by atoms with Crippen molar-refractivity contribution in [2.45, 2.75) is 58.0 Å². The van der Waals surface area contributed by atoms with Crippen LogP contribution in [0.25, 0.3) is 0 Å². The first-order valence-corrected chi connectivity index (χ1v) is 15.3. The maximum absolute atomic E-state index is 13.6. The fourth-order valence-corrected chi connectivity index (χ4v) is 5.65. The second-order valence-electron chi connectivity index (χ2n) is 11.1. The standard InChI is InChI=1S/C27H41ClN6O7S/c1-27(2,3)41-26(36)30-19-12-10-14-33(17-19)25-20(15-18-11-8-9-13-21(18)28)23(24(35)29-16-22(39-6)40-7)31-34(25)42(37,38)32(4)5/h8-9,11,13,19,22H,10,12,14-17H2,1-7H3,(H,29,35)(H,30,36)/t19-/m1/s1. The van der Waals surface area contributed by atoms with Gasteiger partial charge in [-0.15, -0.1) is 9.19 Å². The van der Waals surface area contributed by atoms with Crippen molar-refractivity contribution in [3.63, 3.8) is 0 Å². The number of hydrogen-bond acceptors (Lipinski definition) is 9. The molecule has 13 nitrogen and oxygen atoms in total. The van der Waals surface area contributed by atoms with Crippen LogP contribution in [0, 0.1) is 0 Å². The molecular weight excluding hydrogens is 588 g/mol. The monoisotopic (exact) mass is 628 g/mol. The van der Waals surface area contributed by atoms with Gasteiger partial charge in [-0.2, -0.15) is 12.7 Å². The first-order chi connectivity index (χ1) is 19.7. The Hall–Kier alpha value is -2.91. The maximum atomic E-state index is 13.6. The van der Waals surface area contributed by atoms with E-state index in [4.69, 9.17) is 25.8 Å². The normalized spacial score (nSPS) is 16.1. The zero-order valence-corrected chi connectivity index (χ0v) is 26.7. The van der Waals surface area contributed by atoms with Crippen molar-refractivity contribution in [3.05, 3.63) is 46.1 Å². The largest absolute Gasteiger partial charge is 0.444 e. The minimum atomic E-state index is -4.18. The van der Waals surface area contributed by atoms with Gasteiger partial charge in [-0.05, 0) is 45.2 Å². The van der Waals surface area contributed by atoms with Crippen molar-refractivity contribution in [3.8, 4) is 0 Å². The topological polar surface area (TPSA) is 144 Å². The highest BCUT2D eigenvalue weighted by molar-refractivity contribution is 7.87. The lowest BCUT2D eigenvalue weighted by Gasteiger charge is -2.35. The molecule has 234 valence electrons. The molecule has 0 aliphatic carbocycles. The van der Waals surface area contributed by atoms with Crippen LogP contribution >= 0.6 is 11.6 Å². The number of carbonyl (C=O) groups excluding carboxylic acids is 2. The maximum Gasteiger partial charge on any atom is 0.407 e. The number of nitrogens with one attached hydrogen (secondary N) is 2. The fraction of sp³-hybridized carbons (Fsp3) is 0.593. The van der Waals surface area contributed by atoms with Crippen LogP contribution in [0.5, 0.6) is 0 Å². The number of nitrogens with zero attached hydrogens (tertiary/aromatic N) is 4. The highest BCUT2D eigenvalue weighted by Crippen LogP contribution is 2.33. The van der Waals surface area contributed by atoms with Gasteiger partial charge in [-0.25, -0.2) is 4.79 Å². The van der Waals surface area contributed by atoms with Gasteiger partial charge >= 0.3 is 16.3 Å². The summed E-state index contributed by atoms with van der Waals surface area (Å²) >= 11 is 6.50. The molecule has 0 spiro atoms. The van der Waals surface area contributed by atoms with Crippen molar-refractivity contribution in [1.29, 1.82) is 0 Å². The molecule has 1 aliphatic heterocycles. The molecule has 1 fully saturated rings. The second-order valence-corrected chi connectivity index (χ2v) is 13.5. The third-order valence-corrected chi connectivity index (χ3v) is 8.53. The van der Waals surface area contributed by atoms with Gasteiger partial charge in [0.05, 0.1) is 6.54 Å². The molecule has 2 amide bonds. The van der Waals surface area contributed by atoms with E-state index in [2.05, 4.69) is 15.7 Å². The Morgan fingerprint density at radius 1 is 1.19 bits per heavy atom. The highest BCUT2D eigenvalue weighted by Gasteiger charge is 2.35. The summed E-state index contributed by atoms with van der Waals surface area (Å²) in [6.07, 6.45) is 0.150. The van der Waals surface area contributed by atoms with Gasteiger partial charge in [0.1, 0.15) is 11.4 Å². The number of ether oxygens (including phenoxy) is 3. The molecule has 15 heteroatoms. The summed E-state index contributed by atoms with van der Waals surface area (Å²) < 4.78 is 44.9. The van der Waals surface area contributed by atoms with Crippen LogP contribution in [0.15, 0.2) is 24.3 Å². The van der Waals surface area contributed by atoms with E-state index in [-0.39, 0.29) is 37.1 Å². The molecule has 3 rings (SSSR count). The van der Waals surface area contributed by atoms with E-state index in [1.54, 1.807) is 39.0 Å². The third-order valence-electron chi connectivity index (χ3n) is 6.54. The first-order valence-electron chi connectivity index (χ1n) is 13.5. The molecule has 1 aromatic carbocycles. The number of alkyl carbamates (subject to hydrolysis) is 1.